The highest BCUT2D eigenvalue weighted by molar-refractivity contribution is 5.71. The number of hydrogen-bond acceptors (Lipinski definition) is 4. The van der Waals surface area contributed by atoms with Crippen LogP contribution in [0.2, 0.25) is 0 Å². The van der Waals surface area contributed by atoms with Crippen molar-refractivity contribution in [2.24, 2.45) is 17.8 Å². The van der Waals surface area contributed by atoms with E-state index in [1.807, 2.05) is 6.08 Å². The maximum absolute atomic E-state index is 9.30. The van der Waals surface area contributed by atoms with E-state index in [0.717, 1.165) is 29.4 Å². The van der Waals surface area contributed by atoms with Crippen LogP contribution >= 0.6 is 0 Å². The SMILES string of the molecule is C1CCC(C(CC2CCCCN2)C2CCCCC2)CC1.Oc1ccc(/C=C/c2cc(O)cc(O)c2)cc1. The summed E-state index contributed by atoms with van der Waals surface area (Å²) in [6, 6.07) is 12.0. The second-order valence-electron chi connectivity index (χ2n) is 11.6. The van der Waals surface area contributed by atoms with Crippen molar-refractivity contribution in [2.75, 3.05) is 6.54 Å². The average molecular weight is 506 g/mol. The van der Waals surface area contributed by atoms with E-state index in [2.05, 4.69) is 5.32 Å². The quantitative estimate of drug-likeness (QED) is 0.298. The van der Waals surface area contributed by atoms with Gasteiger partial charge in [0.05, 0.1) is 0 Å². The summed E-state index contributed by atoms with van der Waals surface area (Å²) < 4.78 is 0. The minimum Gasteiger partial charge on any atom is -0.508 e. The highest BCUT2D eigenvalue weighted by atomic mass is 16.3. The van der Waals surface area contributed by atoms with Gasteiger partial charge in [-0.1, -0.05) is 94.9 Å². The fourth-order valence-electron chi connectivity index (χ4n) is 6.84. The maximum atomic E-state index is 9.30. The predicted molar refractivity (Wildman–Crippen MR) is 154 cm³/mol. The second-order valence-corrected chi connectivity index (χ2v) is 11.6. The zero-order valence-corrected chi connectivity index (χ0v) is 22.5. The number of phenolic OH excluding ortho intramolecular Hbond substituents is 3. The van der Waals surface area contributed by atoms with Crippen molar-refractivity contribution in [2.45, 2.75) is 95.9 Å². The summed E-state index contributed by atoms with van der Waals surface area (Å²) >= 11 is 0. The molecule has 5 rings (SSSR count). The van der Waals surface area contributed by atoms with Gasteiger partial charge in [-0.2, -0.15) is 0 Å². The zero-order valence-electron chi connectivity index (χ0n) is 22.5. The van der Waals surface area contributed by atoms with Crippen molar-refractivity contribution < 1.29 is 15.3 Å². The molecule has 202 valence electrons. The summed E-state index contributed by atoms with van der Waals surface area (Å²) in [4.78, 5) is 0. The highest BCUT2D eigenvalue weighted by Gasteiger charge is 2.33. The molecule has 4 N–H and O–H groups in total. The molecule has 1 aliphatic heterocycles. The molecule has 3 fully saturated rings. The minimum atomic E-state index is 0.0235. The van der Waals surface area contributed by atoms with Crippen LogP contribution in [-0.4, -0.2) is 27.9 Å². The van der Waals surface area contributed by atoms with Crippen molar-refractivity contribution in [3.63, 3.8) is 0 Å². The van der Waals surface area contributed by atoms with Gasteiger partial charge in [0, 0.05) is 12.1 Å². The Hall–Kier alpha value is -2.46. The van der Waals surface area contributed by atoms with E-state index in [9.17, 15) is 10.2 Å². The van der Waals surface area contributed by atoms with Gasteiger partial charge in [-0.05, 0) is 79.0 Å². The lowest BCUT2D eigenvalue weighted by molar-refractivity contribution is 0.118. The Kier molecular flexibility index (Phi) is 10.8. The topological polar surface area (TPSA) is 72.7 Å². The molecule has 0 bridgehead atoms. The van der Waals surface area contributed by atoms with Crippen molar-refractivity contribution >= 4 is 12.2 Å². The molecule has 0 aromatic heterocycles. The van der Waals surface area contributed by atoms with Gasteiger partial charge in [-0.15, -0.1) is 0 Å². The molecule has 1 saturated heterocycles. The molecule has 37 heavy (non-hydrogen) atoms. The van der Waals surface area contributed by atoms with Gasteiger partial charge in [0.25, 0.3) is 0 Å². The lowest BCUT2D eigenvalue weighted by Gasteiger charge is -2.40. The summed E-state index contributed by atoms with van der Waals surface area (Å²) in [5.74, 6) is 3.49. The zero-order chi connectivity index (χ0) is 25.9. The highest BCUT2D eigenvalue weighted by Crippen LogP contribution is 2.42. The second kappa shape index (κ2) is 14.5. The van der Waals surface area contributed by atoms with Crippen LogP contribution in [0.5, 0.6) is 17.2 Å². The first-order chi connectivity index (χ1) is 18.1. The first-order valence-corrected chi connectivity index (χ1v) is 14.8. The van der Waals surface area contributed by atoms with Gasteiger partial charge >= 0.3 is 0 Å². The first kappa shape index (κ1) is 27.6. The van der Waals surface area contributed by atoms with Crippen LogP contribution in [0.15, 0.2) is 42.5 Å². The van der Waals surface area contributed by atoms with Gasteiger partial charge in [0.15, 0.2) is 0 Å². The molecule has 2 aromatic carbocycles. The Morgan fingerprint density at radius 2 is 1.16 bits per heavy atom. The molecule has 2 aliphatic carbocycles. The van der Waals surface area contributed by atoms with E-state index in [4.69, 9.17) is 5.11 Å². The Bertz CT molecular complexity index is 914. The van der Waals surface area contributed by atoms with Gasteiger partial charge in [0.2, 0.25) is 0 Å². The van der Waals surface area contributed by atoms with Gasteiger partial charge in [0.1, 0.15) is 17.2 Å². The predicted octanol–water partition coefficient (Wildman–Crippen LogP) is 8.27. The molecule has 3 aliphatic rings. The molecule has 0 amide bonds. The summed E-state index contributed by atoms with van der Waals surface area (Å²) in [5.41, 5.74) is 1.63. The van der Waals surface area contributed by atoms with Crippen molar-refractivity contribution in [1.29, 1.82) is 0 Å². The van der Waals surface area contributed by atoms with Crippen LogP contribution in [0.4, 0.5) is 0 Å². The fourth-order valence-corrected chi connectivity index (χ4v) is 6.84. The average Bonchev–Trinajstić information content (AvgIpc) is 2.93. The Balaban J connectivity index is 0.000000176. The number of aromatic hydroxyl groups is 3. The lowest BCUT2D eigenvalue weighted by atomic mass is 9.67. The summed E-state index contributed by atoms with van der Waals surface area (Å²) in [7, 11) is 0. The van der Waals surface area contributed by atoms with E-state index >= 15 is 0 Å². The van der Waals surface area contributed by atoms with E-state index in [-0.39, 0.29) is 17.2 Å². The summed E-state index contributed by atoms with van der Waals surface area (Å²) in [6.07, 6.45) is 24.7. The number of rotatable bonds is 6. The number of hydrogen-bond donors (Lipinski definition) is 4. The van der Waals surface area contributed by atoms with Gasteiger partial charge in [-0.3, -0.25) is 0 Å². The number of phenols is 3. The van der Waals surface area contributed by atoms with E-state index in [1.54, 1.807) is 68.2 Å². The third kappa shape index (κ3) is 9.10. The molecule has 4 nitrogen and oxygen atoms in total. The minimum absolute atomic E-state index is 0.0235. The molecule has 2 saturated carbocycles. The van der Waals surface area contributed by atoms with Crippen LogP contribution in [-0.2, 0) is 0 Å². The fraction of sp³-hybridized carbons (Fsp3) is 0.576. The Morgan fingerprint density at radius 3 is 1.70 bits per heavy atom. The van der Waals surface area contributed by atoms with Crippen LogP contribution < -0.4 is 5.32 Å². The van der Waals surface area contributed by atoms with Gasteiger partial charge in [-0.25, -0.2) is 0 Å². The summed E-state index contributed by atoms with van der Waals surface area (Å²) in [5, 5.41) is 31.6. The molecule has 4 heteroatoms. The molecule has 1 atom stereocenters. The lowest BCUT2D eigenvalue weighted by Crippen LogP contribution is -2.39. The molecule has 0 spiro atoms. The van der Waals surface area contributed by atoms with E-state index < -0.39 is 0 Å². The monoisotopic (exact) mass is 505 g/mol. The van der Waals surface area contributed by atoms with Crippen LogP contribution in [0.25, 0.3) is 12.2 Å². The van der Waals surface area contributed by atoms with E-state index in [0.29, 0.717) is 5.56 Å². The van der Waals surface area contributed by atoms with Crippen molar-refractivity contribution in [3.05, 3.63) is 53.6 Å². The molecular formula is C33H47NO3. The van der Waals surface area contributed by atoms with E-state index in [1.165, 1.54) is 76.8 Å². The van der Waals surface area contributed by atoms with Crippen molar-refractivity contribution in [3.8, 4) is 17.2 Å². The molecule has 0 radical (unpaired) electrons. The number of benzene rings is 2. The largest absolute Gasteiger partial charge is 0.508 e. The normalized spacial score (nSPS) is 21.6. The first-order valence-electron chi connectivity index (χ1n) is 14.8. The van der Waals surface area contributed by atoms with Crippen LogP contribution in [0.1, 0.15) is 101 Å². The molecule has 2 aromatic rings. The Morgan fingerprint density at radius 1 is 0.622 bits per heavy atom. The van der Waals surface area contributed by atoms with Crippen LogP contribution in [0, 0.1) is 17.8 Å². The third-order valence-corrected chi connectivity index (χ3v) is 8.77. The molecule has 1 unspecified atom stereocenters. The third-order valence-electron chi connectivity index (χ3n) is 8.77. The molecule has 1 heterocycles. The number of piperidine rings is 1. The number of nitrogens with one attached hydrogen (secondary N) is 1. The van der Waals surface area contributed by atoms with Gasteiger partial charge < -0.3 is 20.6 Å². The smallest absolute Gasteiger partial charge is 0.119 e. The molecular weight excluding hydrogens is 458 g/mol. The van der Waals surface area contributed by atoms with Crippen molar-refractivity contribution in [1.82, 2.24) is 5.32 Å². The maximum Gasteiger partial charge on any atom is 0.119 e. The standard InChI is InChI=1S/C19H35N.C14H12O3/c1-3-9-16(10-4-1)19(17-11-5-2-6-12-17)15-18-13-7-8-14-20-18;15-12-5-3-10(4-6-12)1-2-11-7-13(16)9-14(17)8-11/h16-20H,1-15H2;1-9,15-17H/b;2-1+. The van der Waals surface area contributed by atoms with Crippen LogP contribution in [0.3, 0.4) is 0 Å². The summed E-state index contributed by atoms with van der Waals surface area (Å²) in [6.45, 7) is 1.28. The Labute approximate surface area is 223 Å².